The highest BCUT2D eigenvalue weighted by atomic mass is 16.6. The molecule has 0 aliphatic rings. The molecule has 0 N–H and O–H groups in total. The molecular formula is C21H42BNO6. The van der Waals surface area contributed by atoms with Crippen molar-refractivity contribution in [3.8, 4) is 0 Å². The number of hydrogen-bond donors (Lipinski definition) is 0. The number of unbranched alkanes of at least 4 members (excludes halogenated alkanes) is 1. The molecule has 0 saturated carbocycles. The molecule has 8 heteroatoms. The lowest BCUT2D eigenvalue weighted by atomic mass is 9.80. The molecule has 0 aromatic heterocycles. The predicted molar refractivity (Wildman–Crippen MR) is 116 cm³/mol. The molecule has 0 spiro atoms. The minimum atomic E-state index is -0.677. The Morgan fingerprint density at radius 3 is 2.10 bits per heavy atom. The van der Waals surface area contributed by atoms with Gasteiger partial charge in [-0.05, 0) is 67.6 Å². The van der Waals surface area contributed by atoms with E-state index in [-0.39, 0.29) is 19.3 Å². The third-order valence-corrected chi connectivity index (χ3v) is 4.53. The van der Waals surface area contributed by atoms with Crippen molar-refractivity contribution in [3.05, 3.63) is 0 Å². The summed E-state index contributed by atoms with van der Waals surface area (Å²) >= 11 is 0. The second-order valence-electron chi connectivity index (χ2n) is 8.76. The molecule has 0 aromatic rings. The van der Waals surface area contributed by atoms with Gasteiger partial charge in [0, 0.05) is 19.3 Å². The molecule has 0 radical (unpaired) electrons. The van der Waals surface area contributed by atoms with Gasteiger partial charge >= 0.3 is 19.2 Å². The first-order valence-electron chi connectivity index (χ1n) is 10.8. The van der Waals surface area contributed by atoms with Crippen molar-refractivity contribution in [2.75, 3.05) is 20.3 Å². The summed E-state index contributed by atoms with van der Waals surface area (Å²) in [5.74, 6) is -0.411. The van der Waals surface area contributed by atoms with Crippen molar-refractivity contribution in [2.45, 2.75) is 105 Å². The van der Waals surface area contributed by atoms with E-state index in [1.807, 2.05) is 20.8 Å². The van der Waals surface area contributed by atoms with Crippen LogP contribution in [0.1, 0.15) is 81.1 Å². The number of amides is 1. The van der Waals surface area contributed by atoms with Crippen LogP contribution in [0.2, 0.25) is 6.32 Å². The lowest BCUT2D eigenvalue weighted by molar-refractivity contribution is -0.149. The van der Waals surface area contributed by atoms with Gasteiger partial charge in [0.25, 0.3) is 0 Å². The van der Waals surface area contributed by atoms with Crippen LogP contribution >= 0.6 is 0 Å². The molecule has 7 nitrogen and oxygen atoms in total. The van der Waals surface area contributed by atoms with E-state index in [1.54, 1.807) is 34.7 Å². The maximum atomic E-state index is 12.4. The van der Waals surface area contributed by atoms with Crippen molar-refractivity contribution >= 4 is 19.2 Å². The summed E-state index contributed by atoms with van der Waals surface area (Å²) in [6, 6.07) is -0.677. The lowest BCUT2D eigenvalue weighted by Crippen LogP contribution is -2.45. The van der Waals surface area contributed by atoms with E-state index >= 15 is 0 Å². The summed E-state index contributed by atoms with van der Waals surface area (Å²) in [6.45, 7) is 16.1. The fourth-order valence-electron chi connectivity index (χ4n) is 2.62. The number of rotatable bonds is 13. The molecule has 0 rings (SSSR count). The van der Waals surface area contributed by atoms with E-state index in [9.17, 15) is 9.59 Å². The van der Waals surface area contributed by atoms with Crippen LogP contribution in [0.4, 0.5) is 4.79 Å². The monoisotopic (exact) mass is 415 g/mol. The Morgan fingerprint density at radius 2 is 1.62 bits per heavy atom. The Hall–Kier alpha value is -1.28. The zero-order chi connectivity index (χ0) is 22.7. The van der Waals surface area contributed by atoms with Crippen molar-refractivity contribution in [1.29, 1.82) is 0 Å². The first kappa shape index (κ1) is 27.7. The van der Waals surface area contributed by atoms with Gasteiger partial charge in [-0.1, -0.05) is 19.8 Å². The van der Waals surface area contributed by atoms with Crippen molar-refractivity contribution in [3.63, 3.8) is 0 Å². The normalized spacial score (nSPS) is 13.0. The predicted octanol–water partition coefficient (Wildman–Crippen LogP) is 4.69. The van der Waals surface area contributed by atoms with E-state index in [2.05, 4.69) is 6.92 Å². The topological polar surface area (TPSA) is 74.3 Å². The number of ether oxygens (including phenoxy) is 2. The van der Waals surface area contributed by atoms with Gasteiger partial charge < -0.3 is 18.8 Å². The highest BCUT2D eigenvalue weighted by Crippen LogP contribution is 2.20. The van der Waals surface area contributed by atoms with Gasteiger partial charge in [-0.25, -0.2) is 9.59 Å². The van der Waals surface area contributed by atoms with E-state index < -0.39 is 23.7 Å². The van der Waals surface area contributed by atoms with Gasteiger partial charge in [0.05, 0.1) is 6.61 Å². The second kappa shape index (κ2) is 13.1. The van der Waals surface area contributed by atoms with Crippen molar-refractivity contribution in [1.82, 2.24) is 4.90 Å². The zero-order valence-corrected chi connectivity index (χ0v) is 20.0. The number of hydrogen-bond acceptors (Lipinski definition) is 6. The van der Waals surface area contributed by atoms with E-state index in [0.717, 1.165) is 25.6 Å². The van der Waals surface area contributed by atoms with E-state index in [4.69, 9.17) is 18.8 Å². The van der Waals surface area contributed by atoms with Gasteiger partial charge in [-0.15, -0.1) is 0 Å². The SMILES string of the molecule is CCOB(CCCCC(C(=O)OCC)N(C)C(=O)OC(C)(C)C)OC(C)(C)CC. The number of esters is 1. The van der Waals surface area contributed by atoms with Crippen LogP contribution in [0, 0.1) is 0 Å². The van der Waals surface area contributed by atoms with Gasteiger partial charge in [0.2, 0.25) is 0 Å². The first-order valence-corrected chi connectivity index (χ1v) is 10.8. The fraction of sp³-hybridized carbons (Fsp3) is 0.905. The van der Waals surface area contributed by atoms with Crippen LogP contribution in [0.15, 0.2) is 0 Å². The van der Waals surface area contributed by atoms with E-state index in [0.29, 0.717) is 13.0 Å². The molecule has 0 aliphatic carbocycles. The average molecular weight is 415 g/mol. The highest BCUT2D eigenvalue weighted by molar-refractivity contribution is 6.44. The molecule has 170 valence electrons. The molecule has 0 bridgehead atoms. The molecule has 29 heavy (non-hydrogen) atoms. The molecule has 0 saturated heterocycles. The first-order chi connectivity index (χ1) is 13.4. The number of likely N-dealkylation sites (N-methyl/N-ethyl adjacent to an activating group) is 1. The summed E-state index contributed by atoms with van der Waals surface area (Å²) in [4.78, 5) is 26.1. The third-order valence-electron chi connectivity index (χ3n) is 4.53. The molecular weight excluding hydrogens is 373 g/mol. The molecule has 0 aliphatic heterocycles. The molecule has 1 unspecified atom stereocenters. The second-order valence-corrected chi connectivity index (χ2v) is 8.76. The quantitative estimate of drug-likeness (QED) is 0.247. The zero-order valence-electron chi connectivity index (χ0n) is 20.0. The smallest absolute Gasteiger partial charge is 0.457 e. The fourth-order valence-corrected chi connectivity index (χ4v) is 2.62. The van der Waals surface area contributed by atoms with Gasteiger partial charge in [0.15, 0.2) is 0 Å². The van der Waals surface area contributed by atoms with Crippen LogP contribution in [0.25, 0.3) is 0 Å². The van der Waals surface area contributed by atoms with Crippen LogP contribution in [0.5, 0.6) is 0 Å². The summed E-state index contributed by atoms with van der Waals surface area (Å²) < 4.78 is 22.3. The van der Waals surface area contributed by atoms with Crippen LogP contribution in [-0.4, -0.2) is 61.6 Å². The summed E-state index contributed by atoms with van der Waals surface area (Å²) in [5, 5.41) is 0. The standard InChI is InChI=1S/C21H42BNO6/c1-10-21(7,8)29-22(27-12-3)16-14-13-15-17(18(24)26-11-2)23(9)19(25)28-20(4,5)6/h17H,10-16H2,1-9H3. The Kier molecular flexibility index (Phi) is 12.5. The van der Waals surface area contributed by atoms with Crippen LogP contribution in [-0.2, 0) is 23.6 Å². The van der Waals surface area contributed by atoms with Crippen LogP contribution in [0.3, 0.4) is 0 Å². The Morgan fingerprint density at radius 1 is 1.00 bits per heavy atom. The van der Waals surface area contributed by atoms with Crippen molar-refractivity contribution < 1.29 is 28.4 Å². The third kappa shape index (κ3) is 12.1. The number of carbonyl (C=O) groups is 2. The summed E-state index contributed by atoms with van der Waals surface area (Å²) in [7, 11) is 1.30. The number of nitrogens with zero attached hydrogens (tertiary/aromatic N) is 1. The minimum Gasteiger partial charge on any atom is -0.464 e. The Labute approximate surface area is 177 Å². The molecule has 0 heterocycles. The minimum absolute atomic E-state index is 0.246. The summed E-state index contributed by atoms with van der Waals surface area (Å²) in [5.41, 5.74) is -0.872. The maximum Gasteiger partial charge on any atom is 0.457 e. The Balaban J connectivity index is 4.84. The van der Waals surface area contributed by atoms with Gasteiger partial charge in [-0.3, -0.25) is 4.90 Å². The largest absolute Gasteiger partial charge is 0.464 e. The average Bonchev–Trinajstić information content (AvgIpc) is 2.59. The molecule has 0 fully saturated rings. The highest BCUT2D eigenvalue weighted by Gasteiger charge is 2.31. The lowest BCUT2D eigenvalue weighted by Gasteiger charge is -2.30. The van der Waals surface area contributed by atoms with Crippen molar-refractivity contribution in [2.24, 2.45) is 0 Å². The summed E-state index contributed by atoms with van der Waals surface area (Å²) in [6.07, 6.45) is 3.12. The van der Waals surface area contributed by atoms with E-state index in [1.165, 1.54) is 4.90 Å². The Bertz CT molecular complexity index is 492. The number of carbonyl (C=O) groups excluding carboxylic acids is 2. The maximum absolute atomic E-state index is 12.4. The molecule has 0 aromatic carbocycles. The van der Waals surface area contributed by atoms with Gasteiger partial charge in [0.1, 0.15) is 11.6 Å². The molecule has 1 atom stereocenters. The molecule has 1 amide bonds. The van der Waals surface area contributed by atoms with Gasteiger partial charge in [-0.2, -0.15) is 0 Å². The van der Waals surface area contributed by atoms with Crippen LogP contribution < -0.4 is 0 Å².